The molecule has 0 saturated carbocycles. The van der Waals surface area contributed by atoms with E-state index < -0.39 is 5.97 Å². The Hall–Kier alpha value is -1.56. The molecule has 118 valence electrons. The molecule has 1 aromatic heterocycles. The molecule has 0 radical (unpaired) electrons. The summed E-state index contributed by atoms with van der Waals surface area (Å²) in [6.07, 6.45) is 0. The molecule has 0 aliphatic heterocycles. The number of rotatable bonds is 7. The Morgan fingerprint density at radius 3 is 2.38 bits per heavy atom. The van der Waals surface area contributed by atoms with Gasteiger partial charge >= 0.3 is 12.0 Å². The van der Waals surface area contributed by atoms with Gasteiger partial charge in [0, 0.05) is 17.5 Å². The molecule has 1 rings (SSSR count). The number of carbonyl (C=O) groups excluding carboxylic acids is 1. The van der Waals surface area contributed by atoms with E-state index in [1.54, 1.807) is 16.2 Å². The first-order chi connectivity index (χ1) is 9.81. The second-order valence-electron chi connectivity index (χ2n) is 5.75. The van der Waals surface area contributed by atoms with Crippen molar-refractivity contribution in [3.63, 3.8) is 0 Å². The minimum atomic E-state index is -0.983. The van der Waals surface area contributed by atoms with Gasteiger partial charge in [0.2, 0.25) is 0 Å². The highest BCUT2D eigenvalue weighted by atomic mass is 32.1. The van der Waals surface area contributed by atoms with Gasteiger partial charge in [0.25, 0.3) is 0 Å². The summed E-state index contributed by atoms with van der Waals surface area (Å²) in [5.41, 5.74) is 0. The van der Waals surface area contributed by atoms with E-state index in [0.717, 1.165) is 4.88 Å². The molecule has 21 heavy (non-hydrogen) atoms. The molecule has 0 atom stereocenters. The first-order valence-electron chi connectivity index (χ1n) is 7.11. The van der Waals surface area contributed by atoms with Gasteiger partial charge in [-0.05, 0) is 31.2 Å². The van der Waals surface area contributed by atoms with Crippen LogP contribution in [0.5, 0.6) is 0 Å². The molecule has 0 fully saturated rings. The number of hydrogen-bond donors (Lipinski definition) is 1. The van der Waals surface area contributed by atoms with Crippen molar-refractivity contribution in [1.29, 1.82) is 0 Å². The van der Waals surface area contributed by atoms with Crippen molar-refractivity contribution in [1.82, 2.24) is 9.80 Å². The Morgan fingerprint density at radius 2 is 1.95 bits per heavy atom. The highest BCUT2D eigenvalue weighted by Crippen LogP contribution is 2.16. The Kier molecular flexibility index (Phi) is 6.68. The van der Waals surface area contributed by atoms with Gasteiger partial charge in [-0.15, -0.1) is 11.3 Å². The van der Waals surface area contributed by atoms with E-state index in [4.69, 9.17) is 5.11 Å². The van der Waals surface area contributed by atoms with Crippen LogP contribution >= 0.6 is 11.3 Å². The van der Waals surface area contributed by atoms with Crippen molar-refractivity contribution in [2.24, 2.45) is 5.92 Å². The number of nitrogens with zero attached hydrogens (tertiary/aromatic N) is 2. The summed E-state index contributed by atoms with van der Waals surface area (Å²) < 4.78 is 0. The van der Waals surface area contributed by atoms with E-state index in [1.165, 1.54) is 4.90 Å². The highest BCUT2D eigenvalue weighted by Gasteiger charge is 2.25. The Morgan fingerprint density at radius 1 is 1.29 bits per heavy atom. The molecule has 0 bridgehead atoms. The standard InChI is InChI=1S/C15H24N2O3S/c1-11(2)8-16(10-14(18)19)15(20)17(12(3)4)9-13-6-5-7-21-13/h5-7,11-12H,8-10H2,1-4H3,(H,18,19). The Balaban J connectivity index is 2.86. The molecule has 0 saturated heterocycles. The predicted molar refractivity (Wildman–Crippen MR) is 84.4 cm³/mol. The lowest BCUT2D eigenvalue weighted by Gasteiger charge is -2.33. The minimum absolute atomic E-state index is 0.0167. The molecular formula is C15H24N2O3S. The van der Waals surface area contributed by atoms with E-state index in [2.05, 4.69) is 0 Å². The zero-order chi connectivity index (χ0) is 16.0. The van der Waals surface area contributed by atoms with Crippen LogP contribution in [0.15, 0.2) is 17.5 Å². The van der Waals surface area contributed by atoms with E-state index >= 15 is 0 Å². The fraction of sp³-hybridized carbons (Fsp3) is 0.600. The summed E-state index contributed by atoms with van der Waals surface area (Å²) in [4.78, 5) is 27.9. The van der Waals surface area contributed by atoms with Gasteiger partial charge in [-0.25, -0.2) is 4.79 Å². The molecule has 5 nitrogen and oxygen atoms in total. The summed E-state index contributed by atoms with van der Waals surface area (Å²) in [5, 5.41) is 11.0. The summed E-state index contributed by atoms with van der Waals surface area (Å²) in [6, 6.07) is 3.74. The van der Waals surface area contributed by atoms with Crippen LogP contribution in [0, 0.1) is 5.92 Å². The predicted octanol–water partition coefficient (Wildman–Crippen LogP) is 3.12. The van der Waals surface area contributed by atoms with Crippen molar-refractivity contribution in [3.8, 4) is 0 Å². The largest absolute Gasteiger partial charge is 0.480 e. The van der Waals surface area contributed by atoms with Crippen LogP contribution in [0.1, 0.15) is 32.6 Å². The van der Waals surface area contributed by atoms with Crippen molar-refractivity contribution in [2.45, 2.75) is 40.3 Å². The van der Waals surface area contributed by atoms with Crippen molar-refractivity contribution >= 4 is 23.3 Å². The van der Waals surface area contributed by atoms with Gasteiger partial charge in [-0.2, -0.15) is 0 Å². The van der Waals surface area contributed by atoms with Crippen molar-refractivity contribution < 1.29 is 14.7 Å². The van der Waals surface area contributed by atoms with E-state index in [0.29, 0.717) is 13.1 Å². The lowest BCUT2D eigenvalue weighted by molar-refractivity contribution is -0.137. The monoisotopic (exact) mass is 312 g/mol. The molecule has 0 unspecified atom stereocenters. The molecule has 0 spiro atoms. The first-order valence-corrected chi connectivity index (χ1v) is 7.99. The topological polar surface area (TPSA) is 60.9 Å². The molecule has 1 heterocycles. The van der Waals surface area contributed by atoms with Gasteiger partial charge in [0.15, 0.2) is 0 Å². The van der Waals surface area contributed by atoms with Crippen LogP contribution < -0.4 is 0 Å². The number of amides is 2. The lowest BCUT2D eigenvalue weighted by Crippen LogP contribution is -2.48. The average molecular weight is 312 g/mol. The number of carboxylic acids is 1. The van der Waals surface area contributed by atoms with Crippen molar-refractivity contribution in [3.05, 3.63) is 22.4 Å². The summed E-state index contributed by atoms with van der Waals surface area (Å²) in [7, 11) is 0. The zero-order valence-electron chi connectivity index (χ0n) is 13.1. The highest BCUT2D eigenvalue weighted by molar-refractivity contribution is 7.09. The molecular weight excluding hydrogens is 288 g/mol. The first kappa shape index (κ1) is 17.5. The number of carboxylic acid groups (broad SMARTS) is 1. The second kappa shape index (κ2) is 8.02. The third kappa shape index (κ3) is 5.75. The fourth-order valence-corrected chi connectivity index (χ4v) is 2.74. The van der Waals surface area contributed by atoms with Gasteiger partial charge < -0.3 is 14.9 Å². The molecule has 6 heteroatoms. The van der Waals surface area contributed by atoms with Gasteiger partial charge in [-0.3, -0.25) is 4.79 Å². The van der Waals surface area contributed by atoms with Crippen molar-refractivity contribution in [2.75, 3.05) is 13.1 Å². The smallest absolute Gasteiger partial charge is 0.323 e. The second-order valence-corrected chi connectivity index (χ2v) is 6.78. The molecule has 0 aliphatic rings. The molecule has 2 amide bonds. The van der Waals surface area contributed by atoms with E-state index in [1.807, 2.05) is 45.2 Å². The normalized spacial score (nSPS) is 11.0. The molecule has 0 aromatic carbocycles. The maximum Gasteiger partial charge on any atom is 0.323 e. The number of aliphatic carboxylic acids is 1. The molecule has 0 aliphatic carbocycles. The van der Waals surface area contributed by atoms with Crippen LogP contribution in [-0.4, -0.2) is 46.0 Å². The third-order valence-corrected chi connectivity index (χ3v) is 3.82. The summed E-state index contributed by atoms with van der Waals surface area (Å²) in [6.45, 7) is 8.54. The number of hydrogen-bond acceptors (Lipinski definition) is 3. The van der Waals surface area contributed by atoms with Crippen LogP contribution in [0.3, 0.4) is 0 Å². The fourth-order valence-electron chi connectivity index (χ4n) is 2.04. The summed E-state index contributed by atoms with van der Waals surface area (Å²) >= 11 is 1.60. The maximum absolute atomic E-state index is 12.7. The molecule has 1 N–H and O–H groups in total. The number of urea groups is 1. The van der Waals surface area contributed by atoms with Crippen LogP contribution in [0.2, 0.25) is 0 Å². The maximum atomic E-state index is 12.7. The third-order valence-electron chi connectivity index (χ3n) is 2.96. The number of thiophene rings is 1. The van der Waals surface area contributed by atoms with E-state index in [-0.39, 0.29) is 24.5 Å². The zero-order valence-corrected chi connectivity index (χ0v) is 13.9. The minimum Gasteiger partial charge on any atom is -0.480 e. The van der Waals surface area contributed by atoms with Crippen LogP contribution in [0.25, 0.3) is 0 Å². The van der Waals surface area contributed by atoms with Gasteiger partial charge in [0.05, 0.1) is 6.54 Å². The lowest BCUT2D eigenvalue weighted by atomic mass is 10.2. The van der Waals surface area contributed by atoms with Crippen LogP contribution in [0.4, 0.5) is 4.79 Å². The Bertz CT molecular complexity index is 457. The van der Waals surface area contributed by atoms with E-state index in [9.17, 15) is 9.59 Å². The SMILES string of the molecule is CC(C)CN(CC(=O)O)C(=O)N(Cc1cccs1)C(C)C. The van der Waals surface area contributed by atoms with Gasteiger partial charge in [-0.1, -0.05) is 19.9 Å². The van der Waals surface area contributed by atoms with Gasteiger partial charge in [0.1, 0.15) is 6.54 Å². The van der Waals surface area contributed by atoms with Crippen LogP contribution in [-0.2, 0) is 11.3 Å². The molecule has 1 aromatic rings. The summed E-state index contributed by atoms with van der Waals surface area (Å²) in [5.74, 6) is -0.757. The average Bonchev–Trinajstić information content (AvgIpc) is 2.85. The number of carbonyl (C=O) groups is 2. The Labute approximate surface area is 130 Å². The quantitative estimate of drug-likeness (QED) is 0.841.